The highest BCUT2D eigenvalue weighted by Gasteiger charge is 2.21. The fraction of sp³-hybridized carbons (Fsp3) is 0.474. The van der Waals surface area contributed by atoms with Gasteiger partial charge < -0.3 is 9.26 Å². The molecule has 8 nitrogen and oxygen atoms in total. The van der Waals surface area contributed by atoms with E-state index in [0.29, 0.717) is 47.4 Å². The summed E-state index contributed by atoms with van der Waals surface area (Å²) in [5.41, 5.74) is 0.673. The van der Waals surface area contributed by atoms with E-state index in [2.05, 4.69) is 20.0 Å². The first-order valence-electron chi connectivity index (χ1n) is 9.17. The van der Waals surface area contributed by atoms with Crippen LogP contribution in [0.2, 0.25) is 0 Å². The third-order valence-corrected chi connectivity index (χ3v) is 5.12. The fourth-order valence-electron chi connectivity index (χ4n) is 3.60. The van der Waals surface area contributed by atoms with Crippen LogP contribution < -0.4 is 10.3 Å². The van der Waals surface area contributed by atoms with Gasteiger partial charge in [-0.1, -0.05) is 5.16 Å². The van der Waals surface area contributed by atoms with Crippen molar-refractivity contribution < 1.29 is 9.26 Å². The Hall–Kier alpha value is -2.74. The molecule has 8 heteroatoms. The summed E-state index contributed by atoms with van der Waals surface area (Å²) >= 11 is 0. The number of hydrogen-bond acceptors (Lipinski definition) is 7. The van der Waals surface area contributed by atoms with E-state index in [9.17, 15) is 4.79 Å². The molecule has 1 saturated heterocycles. The summed E-state index contributed by atoms with van der Waals surface area (Å²) in [6, 6.07) is 5.38. The Balaban J connectivity index is 1.40. The number of likely N-dealkylation sites (tertiary alicyclic amines) is 1. The largest absolute Gasteiger partial charge is 0.497 e. The van der Waals surface area contributed by atoms with Crippen molar-refractivity contribution >= 4 is 10.9 Å². The lowest BCUT2D eigenvalue weighted by atomic mass is 9.96. The van der Waals surface area contributed by atoms with Gasteiger partial charge in [-0.3, -0.25) is 14.3 Å². The van der Waals surface area contributed by atoms with Crippen molar-refractivity contribution in [1.82, 2.24) is 24.6 Å². The predicted octanol–water partition coefficient (Wildman–Crippen LogP) is 2.01. The third kappa shape index (κ3) is 3.85. The van der Waals surface area contributed by atoms with E-state index in [-0.39, 0.29) is 5.56 Å². The first-order chi connectivity index (χ1) is 13.1. The maximum absolute atomic E-state index is 12.8. The lowest BCUT2D eigenvalue weighted by Gasteiger charge is -2.31. The van der Waals surface area contributed by atoms with Gasteiger partial charge in [0.1, 0.15) is 5.75 Å². The van der Waals surface area contributed by atoms with Crippen LogP contribution in [0, 0.1) is 12.8 Å². The van der Waals surface area contributed by atoms with E-state index in [4.69, 9.17) is 9.26 Å². The van der Waals surface area contributed by atoms with Crippen LogP contribution in [-0.2, 0) is 13.1 Å². The molecule has 3 aromatic rings. The summed E-state index contributed by atoms with van der Waals surface area (Å²) in [5.74, 6) is 2.49. The molecule has 4 rings (SSSR count). The summed E-state index contributed by atoms with van der Waals surface area (Å²) in [6.45, 7) is 5.12. The lowest BCUT2D eigenvalue weighted by Crippen LogP contribution is -2.36. The van der Waals surface area contributed by atoms with Crippen molar-refractivity contribution in [3.63, 3.8) is 0 Å². The number of nitrogens with zero attached hydrogens (tertiary/aromatic N) is 5. The SMILES string of the molecule is COc1ccc2c(=O)n(CC3CCN(Cc4nc(C)no4)CC3)cnc2c1. The molecular weight excluding hydrogens is 346 g/mol. The molecule has 142 valence electrons. The molecule has 2 aromatic heterocycles. The molecule has 0 radical (unpaired) electrons. The van der Waals surface area contributed by atoms with Crippen molar-refractivity contribution in [3.8, 4) is 5.75 Å². The van der Waals surface area contributed by atoms with Crippen LogP contribution in [0.1, 0.15) is 24.6 Å². The van der Waals surface area contributed by atoms with Crippen molar-refractivity contribution in [2.75, 3.05) is 20.2 Å². The quantitative estimate of drug-likeness (QED) is 0.680. The average Bonchev–Trinajstić information content (AvgIpc) is 3.10. The lowest BCUT2D eigenvalue weighted by molar-refractivity contribution is 0.150. The predicted molar refractivity (Wildman–Crippen MR) is 99.6 cm³/mol. The van der Waals surface area contributed by atoms with Gasteiger partial charge in [-0.15, -0.1) is 0 Å². The number of aromatic nitrogens is 4. The van der Waals surface area contributed by atoms with Crippen molar-refractivity contribution in [1.29, 1.82) is 0 Å². The highest BCUT2D eigenvalue weighted by molar-refractivity contribution is 5.78. The van der Waals surface area contributed by atoms with Gasteiger partial charge in [0.25, 0.3) is 5.56 Å². The molecule has 1 aliphatic rings. The number of hydrogen-bond donors (Lipinski definition) is 0. The zero-order valence-electron chi connectivity index (χ0n) is 15.6. The standard InChI is InChI=1S/C19H23N5O3/c1-13-21-18(27-22-13)11-23-7-5-14(6-8-23)10-24-12-20-17-9-15(26-2)3-4-16(17)19(24)25/h3-4,9,12,14H,5-8,10-11H2,1-2H3. The zero-order chi connectivity index (χ0) is 18.8. The summed E-state index contributed by atoms with van der Waals surface area (Å²) in [7, 11) is 1.61. The number of ether oxygens (including phenoxy) is 1. The minimum atomic E-state index is 0.00594. The first-order valence-corrected chi connectivity index (χ1v) is 9.17. The van der Waals surface area contributed by atoms with Crippen LogP contribution in [-0.4, -0.2) is 44.8 Å². The van der Waals surface area contributed by atoms with Gasteiger partial charge in [0.15, 0.2) is 5.82 Å². The van der Waals surface area contributed by atoms with Crippen LogP contribution >= 0.6 is 0 Å². The van der Waals surface area contributed by atoms with E-state index in [1.807, 2.05) is 6.92 Å². The topological polar surface area (TPSA) is 86.3 Å². The highest BCUT2D eigenvalue weighted by atomic mass is 16.5. The molecule has 0 saturated carbocycles. The Bertz CT molecular complexity index is 988. The fourth-order valence-corrected chi connectivity index (χ4v) is 3.60. The second-order valence-electron chi connectivity index (χ2n) is 7.04. The van der Waals surface area contributed by atoms with Gasteiger partial charge in [0, 0.05) is 12.6 Å². The Morgan fingerprint density at radius 1 is 1.30 bits per heavy atom. The van der Waals surface area contributed by atoms with Crippen LogP contribution in [0.3, 0.4) is 0 Å². The number of piperidine rings is 1. The molecule has 1 aromatic carbocycles. The molecule has 0 unspecified atom stereocenters. The molecular formula is C19H23N5O3. The van der Waals surface area contributed by atoms with Gasteiger partial charge in [-0.2, -0.15) is 4.98 Å². The Morgan fingerprint density at radius 3 is 2.81 bits per heavy atom. The van der Waals surface area contributed by atoms with E-state index >= 15 is 0 Å². The third-order valence-electron chi connectivity index (χ3n) is 5.12. The van der Waals surface area contributed by atoms with Gasteiger partial charge >= 0.3 is 0 Å². The molecule has 1 aliphatic heterocycles. The molecule has 0 atom stereocenters. The Kier molecular flexibility index (Phi) is 4.89. The monoisotopic (exact) mass is 369 g/mol. The summed E-state index contributed by atoms with van der Waals surface area (Å²) in [5, 5.41) is 4.46. The number of methoxy groups -OCH3 is 1. The molecule has 27 heavy (non-hydrogen) atoms. The normalized spacial score (nSPS) is 16.1. The number of rotatable bonds is 5. The molecule has 3 heterocycles. The first kappa shape index (κ1) is 17.7. The van der Waals surface area contributed by atoms with Gasteiger partial charge in [-0.05, 0) is 50.9 Å². The summed E-state index contributed by atoms with van der Waals surface area (Å²) in [6.07, 6.45) is 3.71. The second-order valence-corrected chi connectivity index (χ2v) is 7.04. The van der Waals surface area contributed by atoms with E-state index in [1.54, 1.807) is 36.2 Å². The molecule has 0 bridgehead atoms. The second kappa shape index (κ2) is 7.48. The maximum atomic E-state index is 12.8. The molecule has 0 amide bonds. The van der Waals surface area contributed by atoms with Gasteiger partial charge in [0.2, 0.25) is 5.89 Å². The van der Waals surface area contributed by atoms with Gasteiger partial charge in [0.05, 0.1) is 30.9 Å². The maximum Gasteiger partial charge on any atom is 0.261 e. The van der Waals surface area contributed by atoms with Crippen LogP contribution in [0.5, 0.6) is 5.75 Å². The molecule has 1 fully saturated rings. The zero-order valence-corrected chi connectivity index (χ0v) is 15.6. The smallest absolute Gasteiger partial charge is 0.261 e. The van der Waals surface area contributed by atoms with Crippen LogP contribution in [0.15, 0.2) is 33.8 Å². The van der Waals surface area contributed by atoms with Crippen LogP contribution in [0.4, 0.5) is 0 Å². The van der Waals surface area contributed by atoms with E-state index in [1.165, 1.54) is 0 Å². The highest BCUT2D eigenvalue weighted by Crippen LogP contribution is 2.21. The minimum absolute atomic E-state index is 0.00594. The average molecular weight is 369 g/mol. The summed E-state index contributed by atoms with van der Waals surface area (Å²) < 4.78 is 12.1. The van der Waals surface area contributed by atoms with Crippen LogP contribution in [0.25, 0.3) is 10.9 Å². The van der Waals surface area contributed by atoms with E-state index < -0.39 is 0 Å². The number of benzene rings is 1. The number of fused-ring (bicyclic) bond motifs is 1. The van der Waals surface area contributed by atoms with Crippen molar-refractivity contribution in [3.05, 3.63) is 46.6 Å². The Morgan fingerprint density at radius 2 is 2.11 bits per heavy atom. The number of aryl methyl sites for hydroxylation is 1. The molecule has 0 spiro atoms. The van der Waals surface area contributed by atoms with Crippen molar-refractivity contribution in [2.45, 2.75) is 32.9 Å². The minimum Gasteiger partial charge on any atom is -0.497 e. The molecule has 0 N–H and O–H groups in total. The van der Waals surface area contributed by atoms with E-state index in [0.717, 1.165) is 25.9 Å². The van der Waals surface area contributed by atoms with Crippen molar-refractivity contribution in [2.24, 2.45) is 5.92 Å². The summed E-state index contributed by atoms with van der Waals surface area (Å²) in [4.78, 5) is 23.8. The Labute approximate surface area is 156 Å². The molecule has 0 aliphatic carbocycles. The van der Waals surface area contributed by atoms with Gasteiger partial charge in [-0.25, -0.2) is 4.98 Å².